The average Bonchev–Trinajstić information content (AvgIpc) is 2.56. The van der Waals surface area contributed by atoms with E-state index in [1.54, 1.807) is 6.92 Å². The Balaban J connectivity index is 2.79. The number of nitrogens with two attached hydrogens (primary N) is 2. The summed E-state index contributed by atoms with van der Waals surface area (Å²) in [5.41, 5.74) is 11.6. The summed E-state index contributed by atoms with van der Waals surface area (Å²) < 4.78 is 5.25. The van der Waals surface area contributed by atoms with Gasteiger partial charge in [0.1, 0.15) is 24.6 Å². The van der Waals surface area contributed by atoms with Crippen molar-refractivity contribution < 1.29 is 14.9 Å². The summed E-state index contributed by atoms with van der Waals surface area (Å²) in [6.45, 7) is 3.42. The Morgan fingerprint density at radius 2 is 2.24 bits per heavy atom. The van der Waals surface area contributed by atoms with Crippen LogP contribution < -0.4 is 11.5 Å². The van der Waals surface area contributed by atoms with Crippen molar-refractivity contribution in [2.45, 2.75) is 44.9 Å². The molecule has 0 aliphatic carbocycles. The van der Waals surface area contributed by atoms with E-state index in [-0.39, 0.29) is 30.3 Å². The summed E-state index contributed by atoms with van der Waals surface area (Å²) in [6.07, 6.45) is 1.32. The fourth-order valence-electron chi connectivity index (χ4n) is 1.74. The van der Waals surface area contributed by atoms with Gasteiger partial charge in [-0.05, 0) is 13.3 Å². The lowest BCUT2D eigenvalue weighted by Crippen LogP contribution is -2.38. The molecule has 0 amide bonds. The molecule has 6 nitrogen and oxygen atoms in total. The Morgan fingerprint density at radius 3 is 2.71 bits per heavy atom. The molecule has 1 aliphatic heterocycles. The third-order valence-corrected chi connectivity index (χ3v) is 2.75. The first-order valence-electron chi connectivity index (χ1n) is 5.79. The zero-order chi connectivity index (χ0) is 13.0. The van der Waals surface area contributed by atoms with Crippen LogP contribution in [0.3, 0.4) is 0 Å². The van der Waals surface area contributed by atoms with Crippen LogP contribution in [0.4, 0.5) is 0 Å². The molecule has 2 unspecified atom stereocenters. The monoisotopic (exact) mass is 243 g/mol. The lowest BCUT2D eigenvalue weighted by atomic mass is 10.1. The first-order valence-corrected chi connectivity index (χ1v) is 5.79. The van der Waals surface area contributed by atoms with E-state index in [1.807, 2.05) is 6.92 Å². The van der Waals surface area contributed by atoms with E-state index in [1.165, 1.54) is 0 Å². The number of ether oxygens (including phenoxy) is 1. The summed E-state index contributed by atoms with van der Waals surface area (Å²) in [7, 11) is 0. The molecule has 0 bridgehead atoms. The number of rotatable bonds is 5. The second-order valence-electron chi connectivity index (χ2n) is 4.18. The molecule has 1 aliphatic rings. The van der Waals surface area contributed by atoms with Crippen LogP contribution in [0.15, 0.2) is 16.5 Å². The Hall–Kier alpha value is -1.27. The largest absolute Gasteiger partial charge is 0.506 e. The molecular formula is C11H21N3O3. The van der Waals surface area contributed by atoms with Gasteiger partial charge < -0.3 is 26.4 Å². The normalized spacial score (nSPS) is 27.2. The minimum absolute atomic E-state index is 0.0633. The molecule has 0 aromatic rings. The maximum absolute atomic E-state index is 9.77. The van der Waals surface area contributed by atoms with Crippen LogP contribution in [0.25, 0.3) is 0 Å². The molecule has 0 spiro atoms. The number of hydrogen-bond acceptors (Lipinski definition) is 5. The van der Waals surface area contributed by atoms with E-state index in [9.17, 15) is 5.11 Å². The van der Waals surface area contributed by atoms with Crippen molar-refractivity contribution >= 4 is 5.84 Å². The highest BCUT2D eigenvalue weighted by Crippen LogP contribution is 2.25. The van der Waals surface area contributed by atoms with Gasteiger partial charge in [0, 0.05) is 0 Å². The van der Waals surface area contributed by atoms with Gasteiger partial charge in [-0.25, -0.2) is 0 Å². The van der Waals surface area contributed by atoms with E-state index in [2.05, 4.69) is 4.99 Å². The molecule has 6 N–H and O–H groups in total. The number of amidine groups is 1. The Labute approximate surface area is 101 Å². The Morgan fingerprint density at radius 1 is 1.59 bits per heavy atom. The van der Waals surface area contributed by atoms with Crippen molar-refractivity contribution in [2.24, 2.45) is 16.5 Å². The molecule has 1 heterocycles. The van der Waals surface area contributed by atoms with Gasteiger partial charge in [-0.3, -0.25) is 4.99 Å². The van der Waals surface area contributed by atoms with Gasteiger partial charge in [-0.2, -0.15) is 0 Å². The summed E-state index contributed by atoms with van der Waals surface area (Å²) in [5.74, 6) is 0.396. The summed E-state index contributed by atoms with van der Waals surface area (Å²) in [5, 5.41) is 18.7. The third kappa shape index (κ3) is 3.10. The van der Waals surface area contributed by atoms with Crippen LogP contribution in [0, 0.1) is 0 Å². The molecule has 0 radical (unpaired) electrons. The lowest BCUT2D eigenvalue weighted by molar-refractivity contribution is 0.119. The predicted molar refractivity (Wildman–Crippen MR) is 65.6 cm³/mol. The molecule has 0 aromatic carbocycles. The van der Waals surface area contributed by atoms with Gasteiger partial charge in [0.15, 0.2) is 11.5 Å². The molecule has 98 valence electrons. The van der Waals surface area contributed by atoms with Gasteiger partial charge in [0.25, 0.3) is 0 Å². The van der Waals surface area contributed by atoms with Crippen LogP contribution in [-0.4, -0.2) is 40.8 Å². The van der Waals surface area contributed by atoms with Crippen molar-refractivity contribution in [2.75, 3.05) is 6.61 Å². The van der Waals surface area contributed by atoms with Gasteiger partial charge in [0.2, 0.25) is 0 Å². The molecule has 1 rings (SSSR count). The standard InChI is InChI=1S/C11H21N3O3/c1-3-4-7(12)11(13)14-9-6(2)17-8(5-15)10(9)16/h6-7,9,15-16H,3-5,12H2,1-2H3,(H2,13,14)/t6-,7?,9?/m0/s1. The molecule has 0 saturated carbocycles. The summed E-state index contributed by atoms with van der Waals surface area (Å²) in [4.78, 5) is 4.18. The maximum Gasteiger partial charge on any atom is 0.162 e. The zero-order valence-electron chi connectivity index (χ0n) is 10.3. The van der Waals surface area contributed by atoms with Gasteiger partial charge in [0.05, 0.1) is 6.04 Å². The molecule has 17 heavy (non-hydrogen) atoms. The van der Waals surface area contributed by atoms with Crippen molar-refractivity contribution in [3.8, 4) is 0 Å². The fourth-order valence-corrected chi connectivity index (χ4v) is 1.74. The smallest absolute Gasteiger partial charge is 0.162 e. The van der Waals surface area contributed by atoms with E-state index in [0.717, 1.165) is 12.8 Å². The first-order chi connectivity index (χ1) is 8.01. The second-order valence-corrected chi connectivity index (χ2v) is 4.18. The van der Waals surface area contributed by atoms with Crippen LogP contribution in [0.2, 0.25) is 0 Å². The van der Waals surface area contributed by atoms with E-state index in [0.29, 0.717) is 5.84 Å². The highest BCUT2D eigenvalue weighted by molar-refractivity contribution is 5.85. The van der Waals surface area contributed by atoms with Crippen LogP contribution in [-0.2, 0) is 4.74 Å². The minimum atomic E-state index is -0.569. The highest BCUT2D eigenvalue weighted by Gasteiger charge is 2.33. The van der Waals surface area contributed by atoms with Gasteiger partial charge in [-0.15, -0.1) is 0 Å². The average molecular weight is 243 g/mol. The van der Waals surface area contributed by atoms with Crippen LogP contribution in [0.1, 0.15) is 26.7 Å². The van der Waals surface area contributed by atoms with Crippen molar-refractivity contribution in [3.63, 3.8) is 0 Å². The third-order valence-electron chi connectivity index (χ3n) is 2.75. The van der Waals surface area contributed by atoms with Crippen molar-refractivity contribution in [1.82, 2.24) is 0 Å². The number of aliphatic hydroxyl groups excluding tert-OH is 2. The molecule has 3 atom stereocenters. The quantitative estimate of drug-likeness (QED) is 0.401. The van der Waals surface area contributed by atoms with E-state index < -0.39 is 6.04 Å². The number of aliphatic hydroxyl groups is 2. The first kappa shape index (κ1) is 13.8. The number of aliphatic imine (C=N–C) groups is 1. The van der Waals surface area contributed by atoms with Gasteiger partial charge >= 0.3 is 0 Å². The van der Waals surface area contributed by atoms with Crippen molar-refractivity contribution in [3.05, 3.63) is 11.5 Å². The molecule has 0 saturated heterocycles. The highest BCUT2D eigenvalue weighted by atomic mass is 16.5. The number of nitrogens with zero attached hydrogens (tertiary/aromatic N) is 1. The van der Waals surface area contributed by atoms with E-state index in [4.69, 9.17) is 21.3 Å². The fraction of sp³-hybridized carbons (Fsp3) is 0.727. The summed E-state index contributed by atoms with van der Waals surface area (Å²) in [6, 6.07) is -0.877. The Bertz CT molecular complexity index is 328. The van der Waals surface area contributed by atoms with Crippen molar-refractivity contribution in [1.29, 1.82) is 0 Å². The second kappa shape index (κ2) is 5.88. The summed E-state index contributed by atoms with van der Waals surface area (Å²) >= 11 is 0. The van der Waals surface area contributed by atoms with Gasteiger partial charge in [-0.1, -0.05) is 13.3 Å². The maximum atomic E-state index is 9.77. The number of hydrogen-bond donors (Lipinski definition) is 4. The Kier molecular flexibility index (Phi) is 4.77. The lowest BCUT2D eigenvalue weighted by Gasteiger charge is -2.15. The minimum Gasteiger partial charge on any atom is -0.506 e. The molecule has 0 fully saturated rings. The topological polar surface area (TPSA) is 114 Å². The SMILES string of the molecule is CCCC(N)C(N)=NC1C(O)=C(CO)O[C@H]1C. The molecule has 6 heteroatoms. The van der Waals surface area contributed by atoms with Crippen LogP contribution in [0.5, 0.6) is 0 Å². The molecule has 0 aromatic heterocycles. The zero-order valence-corrected chi connectivity index (χ0v) is 10.3. The van der Waals surface area contributed by atoms with Crippen LogP contribution >= 0.6 is 0 Å². The van der Waals surface area contributed by atoms with E-state index >= 15 is 0 Å². The predicted octanol–water partition coefficient (Wildman–Crippen LogP) is 0.0202. The molecular weight excluding hydrogens is 222 g/mol.